The highest BCUT2D eigenvalue weighted by Crippen LogP contribution is 2.32. The zero-order valence-corrected chi connectivity index (χ0v) is 15.7. The van der Waals surface area contributed by atoms with Gasteiger partial charge in [0.15, 0.2) is 0 Å². The number of hydrogen-bond donors (Lipinski definition) is 1. The molecular formula is C17H25Cl2N3O. The van der Waals surface area contributed by atoms with Gasteiger partial charge in [0.1, 0.15) is 0 Å². The van der Waals surface area contributed by atoms with Crippen LogP contribution in [0.5, 0.6) is 0 Å². The predicted molar refractivity (Wildman–Crippen MR) is 96.4 cm³/mol. The Balaban J connectivity index is 2.01. The summed E-state index contributed by atoms with van der Waals surface area (Å²) in [5.41, 5.74) is 1.77. The number of rotatable bonds is 3. The van der Waals surface area contributed by atoms with Crippen molar-refractivity contribution in [1.82, 2.24) is 15.1 Å². The molecule has 128 valence electrons. The molecule has 1 aromatic carbocycles. The first-order valence-corrected chi connectivity index (χ1v) is 8.73. The van der Waals surface area contributed by atoms with E-state index in [1.165, 1.54) is 0 Å². The van der Waals surface area contributed by atoms with Crippen LogP contribution < -0.4 is 5.32 Å². The lowest BCUT2D eigenvalue weighted by molar-refractivity contribution is 0.146. The molecule has 0 bridgehead atoms. The Morgan fingerprint density at radius 1 is 1.30 bits per heavy atom. The lowest BCUT2D eigenvalue weighted by Gasteiger charge is -2.35. The van der Waals surface area contributed by atoms with E-state index in [-0.39, 0.29) is 18.1 Å². The smallest absolute Gasteiger partial charge is 0.317 e. The van der Waals surface area contributed by atoms with Crippen LogP contribution in [0.4, 0.5) is 4.79 Å². The molecule has 1 aliphatic heterocycles. The van der Waals surface area contributed by atoms with Crippen LogP contribution in [0.2, 0.25) is 10.0 Å². The van der Waals surface area contributed by atoms with E-state index in [1.807, 2.05) is 37.9 Å². The van der Waals surface area contributed by atoms with Crippen LogP contribution in [-0.2, 0) is 0 Å². The van der Waals surface area contributed by atoms with Gasteiger partial charge in [-0.15, -0.1) is 0 Å². The number of nitrogens with zero attached hydrogens (tertiary/aromatic N) is 2. The van der Waals surface area contributed by atoms with Crippen LogP contribution in [0.1, 0.15) is 36.9 Å². The third-order valence-electron chi connectivity index (χ3n) is 4.67. The zero-order valence-electron chi connectivity index (χ0n) is 14.2. The Morgan fingerprint density at radius 2 is 1.91 bits per heavy atom. The Labute approximate surface area is 148 Å². The van der Waals surface area contributed by atoms with Crippen LogP contribution in [0, 0.1) is 6.92 Å². The molecule has 1 saturated heterocycles. The fraction of sp³-hybridized carbons (Fsp3) is 0.588. The number of carbonyl (C=O) groups is 1. The molecule has 1 atom stereocenters. The van der Waals surface area contributed by atoms with Gasteiger partial charge in [0, 0.05) is 13.1 Å². The first kappa shape index (κ1) is 18.4. The number of aryl methyl sites for hydroxylation is 1. The molecule has 0 aliphatic carbocycles. The fourth-order valence-electron chi connectivity index (χ4n) is 2.91. The summed E-state index contributed by atoms with van der Waals surface area (Å²) in [6, 6.07) is 3.87. The Bertz CT molecular complexity index is 571. The van der Waals surface area contributed by atoms with Crippen molar-refractivity contribution in [3.05, 3.63) is 33.3 Å². The lowest BCUT2D eigenvalue weighted by atomic mass is 10.0. The van der Waals surface area contributed by atoms with Crippen LogP contribution in [0.3, 0.4) is 0 Å². The van der Waals surface area contributed by atoms with Gasteiger partial charge in [-0.05, 0) is 58.0 Å². The van der Waals surface area contributed by atoms with E-state index < -0.39 is 0 Å². The Hall–Kier alpha value is -0.970. The van der Waals surface area contributed by atoms with E-state index in [9.17, 15) is 4.79 Å². The maximum Gasteiger partial charge on any atom is 0.317 e. The topological polar surface area (TPSA) is 35.6 Å². The number of amides is 2. The van der Waals surface area contributed by atoms with Gasteiger partial charge < -0.3 is 15.1 Å². The van der Waals surface area contributed by atoms with Gasteiger partial charge in [-0.1, -0.05) is 35.3 Å². The van der Waals surface area contributed by atoms with E-state index in [0.717, 1.165) is 37.1 Å². The van der Waals surface area contributed by atoms with E-state index in [4.69, 9.17) is 23.2 Å². The second-order valence-electron chi connectivity index (χ2n) is 6.42. The summed E-state index contributed by atoms with van der Waals surface area (Å²) < 4.78 is 0. The molecule has 0 saturated carbocycles. The van der Waals surface area contributed by atoms with Gasteiger partial charge in [0.25, 0.3) is 0 Å². The van der Waals surface area contributed by atoms with E-state index in [2.05, 4.69) is 17.3 Å². The minimum atomic E-state index is -0.193. The van der Waals surface area contributed by atoms with Gasteiger partial charge in [-0.3, -0.25) is 0 Å². The maximum absolute atomic E-state index is 12.5. The van der Waals surface area contributed by atoms with Crippen molar-refractivity contribution in [2.75, 3.05) is 27.2 Å². The minimum Gasteiger partial charge on any atom is -0.331 e. The normalized spacial score (nSPS) is 17.8. The average Bonchev–Trinajstić information content (AvgIpc) is 2.52. The highest BCUT2D eigenvalue weighted by molar-refractivity contribution is 6.43. The highest BCUT2D eigenvalue weighted by atomic mass is 35.5. The number of carbonyl (C=O) groups excluding carboxylic acids is 1. The van der Waals surface area contributed by atoms with Gasteiger partial charge in [0.2, 0.25) is 0 Å². The summed E-state index contributed by atoms with van der Waals surface area (Å²) in [5, 5.41) is 4.09. The number of halogens is 2. The van der Waals surface area contributed by atoms with Crippen molar-refractivity contribution in [2.45, 2.75) is 38.8 Å². The third-order valence-corrected chi connectivity index (χ3v) is 5.66. The number of benzene rings is 1. The first-order valence-electron chi connectivity index (χ1n) is 7.97. The molecule has 4 nitrogen and oxygen atoms in total. The molecule has 1 aliphatic rings. The second kappa shape index (κ2) is 7.73. The largest absolute Gasteiger partial charge is 0.331 e. The first-order chi connectivity index (χ1) is 10.8. The Kier molecular flexibility index (Phi) is 6.18. The second-order valence-corrected chi connectivity index (χ2v) is 7.17. The van der Waals surface area contributed by atoms with Crippen molar-refractivity contribution in [3.8, 4) is 0 Å². The van der Waals surface area contributed by atoms with Crippen molar-refractivity contribution < 1.29 is 4.79 Å². The maximum atomic E-state index is 12.5. The molecule has 1 fully saturated rings. The molecule has 1 N–H and O–H groups in total. The summed E-state index contributed by atoms with van der Waals surface area (Å²) in [6.07, 6.45) is 2.01. The van der Waals surface area contributed by atoms with Gasteiger partial charge in [0.05, 0.1) is 16.1 Å². The molecule has 1 aromatic rings. The summed E-state index contributed by atoms with van der Waals surface area (Å²) in [6.45, 7) is 5.89. The predicted octanol–water partition coefficient (Wildman–Crippen LogP) is 4.10. The summed E-state index contributed by atoms with van der Waals surface area (Å²) >= 11 is 12.5. The van der Waals surface area contributed by atoms with E-state index in [0.29, 0.717) is 10.0 Å². The van der Waals surface area contributed by atoms with Crippen molar-refractivity contribution in [3.63, 3.8) is 0 Å². The number of likely N-dealkylation sites (tertiary alicyclic amines) is 1. The van der Waals surface area contributed by atoms with Gasteiger partial charge in [-0.25, -0.2) is 4.79 Å². The number of urea groups is 1. The van der Waals surface area contributed by atoms with E-state index >= 15 is 0 Å². The fourth-order valence-corrected chi connectivity index (χ4v) is 3.46. The Morgan fingerprint density at radius 3 is 2.52 bits per heavy atom. The summed E-state index contributed by atoms with van der Waals surface area (Å²) in [4.78, 5) is 16.6. The number of piperidine rings is 1. The minimum absolute atomic E-state index is 0.0696. The van der Waals surface area contributed by atoms with Gasteiger partial charge in [-0.2, -0.15) is 0 Å². The molecule has 23 heavy (non-hydrogen) atoms. The van der Waals surface area contributed by atoms with Gasteiger partial charge >= 0.3 is 6.03 Å². The molecule has 2 amide bonds. The molecule has 2 rings (SSSR count). The van der Waals surface area contributed by atoms with Crippen molar-refractivity contribution in [1.29, 1.82) is 0 Å². The molecule has 0 radical (unpaired) electrons. The third kappa shape index (κ3) is 4.31. The quantitative estimate of drug-likeness (QED) is 0.883. The monoisotopic (exact) mass is 357 g/mol. The molecular weight excluding hydrogens is 333 g/mol. The zero-order chi connectivity index (χ0) is 17.1. The van der Waals surface area contributed by atoms with E-state index in [1.54, 1.807) is 0 Å². The average molecular weight is 358 g/mol. The van der Waals surface area contributed by atoms with Crippen molar-refractivity contribution >= 4 is 29.2 Å². The van der Waals surface area contributed by atoms with Crippen LogP contribution in [0.25, 0.3) is 0 Å². The van der Waals surface area contributed by atoms with Crippen molar-refractivity contribution in [2.24, 2.45) is 0 Å². The molecule has 6 heteroatoms. The summed E-state index contributed by atoms with van der Waals surface area (Å²) in [5.74, 6) is 0. The lowest BCUT2D eigenvalue weighted by Crippen LogP contribution is -2.48. The SMILES string of the molecule is Cc1ccc(C(C)NC(=O)N(C)C2CCN(C)CC2)c(Cl)c1Cl. The van der Waals surface area contributed by atoms with Crippen LogP contribution in [0.15, 0.2) is 12.1 Å². The molecule has 0 spiro atoms. The standard InChI is InChI=1S/C17H25Cl2N3O/c1-11-5-6-14(16(19)15(11)18)12(2)20-17(23)22(4)13-7-9-21(3)10-8-13/h5-6,12-13H,7-10H2,1-4H3,(H,20,23). The number of hydrogen-bond acceptors (Lipinski definition) is 2. The van der Waals surface area contributed by atoms with Crippen LogP contribution in [-0.4, -0.2) is 49.1 Å². The number of nitrogens with one attached hydrogen (secondary N) is 1. The molecule has 1 unspecified atom stereocenters. The molecule has 1 heterocycles. The molecule has 0 aromatic heterocycles. The summed E-state index contributed by atoms with van der Waals surface area (Å²) in [7, 11) is 3.98. The van der Waals surface area contributed by atoms with Crippen LogP contribution >= 0.6 is 23.2 Å². The highest BCUT2D eigenvalue weighted by Gasteiger charge is 2.25.